The molecule has 0 aliphatic carbocycles. The van der Waals surface area contributed by atoms with Crippen LogP contribution < -0.4 is 5.73 Å². The molecule has 0 saturated heterocycles. The molecule has 16 heavy (non-hydrogen) atoms. The van der Waals surface area contributed by atoms with E-state index in [-0.39, 0.29) is 6.04 Å². The average Bonchev–Trinajstić information content (AvgIpc) is 2.69. The lowest BCUT2D eigenvalue weighted by Crippen LogP contribution is -2.17. The van der Waals surface area contributed by atoms with Crippen LogP contribution >= 0.6 is 0 Å². The number of hydrogen-bond acceptors (Lipinski definition) is 3. The zero-order valence-corrected chi connectivity index (χ0v) is 10.0. The van der Waals surface area contributed by atoms with Crippen molar-refractivity contribution >= 4 is 11.1 Å². The summed E-state index contributed by atoms with van der Waals surface area (Å²) < 4.78 is 5.72. The molecule has 2 aromatic heterocycles. The number of furan rings is 1. The predicted molar refractivity (Wildman–Crippen MR) is 65.1 cm³/mol. The first kappa shape index (κ1) is 11.1. The molecule has 0 fully saturated rings. The molecule has 0 aromatic carbocycles. The third-order valence-corrected chi connectivity index (χ3v) is 3.12. The van der Waals surface area contributed by atoms with Crippen LogP contribution in [-0.2, 0) is 0 Å². The van der Waals surface area contributed by atoms with E-state index >= 15 is 0 Å². The Hall–Kier alpha value is -1.35. The van der Waals surface area contributed by atoms with Gasteiger partial charge in [-0.25, -0.2) is 4.98 Å². The third kappa shape index (κ3) is 1.95. The second kappa shape index (κ2) is 4.26. The lowest BCUT2D eigenvalue weighted by Gasteiger charge is -2.14. The fourth-order valence-electron chi connectivity index (χ4n) is 1.74. The lowest BCUT2D eigenvalue weighted by atomic mass is 9.98. The topological polar surface area (TPSA) is 52.0 Å². The molecule has 1 unspecified atom stereocenters. The zero-order chi connectivity index (χ0) is 11.7. The fraction of sp³-hybridized carbons (Fsp3) is 0.462. The van der Waals surface area contributed by atoms with Gasteiger partial charge in [0.15, 0.2) is 5.58 Å². The van der Waals surface area contributed by atoms with Crippen LogP contribution in [0, 0.1) is 12.8 Å². The van der Waals surface area contributed by atoms with Gasteiger partial charge in [0.05, 0.1) is 6.04 Å². The smallest absolute Gasteiger partial charge is 0.152 e. The molecular formula is C13H18N2O. The molecule has 0 aliphatic heterocycles. The molecule has 2 atom stereocenters. The molecule has 0 spiro atoms. The summed E-state index contributed by atoms with van der Waals surface area (Å²) in [6.45, 7) is 6.24. The maximum absolute atomic E-state index is 6.13. The van der Waals surface area contributed by atoms with Crippen LogP contribution in [0.5, 0.6) is 0 Å². The Kier molecular flexibility index (Phi) is 2.97. The molecule has 0 amide bonds. The van der Waals surface area contributed by atoms with Crippen LogP contribution in [0.15, 0.2) is 22.6 Å². The Morgan fingerprint density at radius 1 is 1.44 bits per heavy atom. The molecule has 0 bridgehead atoms. The number of fused-ring (bicyclic) bond motifs is 1. The summed E-state index contributed by atoms with van der Waals surface area (Å²) in [7, 11) is 0. The zero-order valence-electron chi connectivity index (χ0n) is 10.0. The van der Waals surface area contributed by atoms with Crippen molar-refractivity contribution in [2.45, 2.75) is 33.2 Å². The number of aryl methyl sites for hydroxylation is 1. The van der Waals surface area contributed by atoms with Crippen LogP contribution in [0.3, 0.4) is 0 Å². The maximum atomic E-state index is 6.13. The highest BCUT2D eigenvalue weighted by Gasteiger charge is 2.17. The van der Waals surface area contributed by atoms with Crippen LogP contribution in [0.1, 0.15) is 37.8 Å². The molecule has 3 heteroatoms. The van der Waals surface area contributed by atoms with Gasteiger partial charge in [-0.1, -0.05) is 20.3 Å². The largest absolute Gasteiger partial charge is 0.458 e. The fourth-order valence-corrected chi connectivity index (χ4v) is 1.74. The first-order valence-electron chi connectivity index (χ1n) is 5.74. The minimum atomic E-state index is -0.0421. The van der Waals surface area contributed by atoms with E-state index < -0.39 is 0 Å². The van der Waals surface area contributed by atoms with Crippen molar-refractivity contribution in [2.24, 2.45) is 11.7 Å². The molecule has 2 rings (SSSR count). The monoisotopic (exact) mass is 218 g/mol. The van der Waals surface area contributed by atoms with Gasteiger partial charge in [0, 0.05) is 11.8 Å². The van der Waals surface area contributed by atoms with E-state index in [1.807, 2.05) is 25.1 Å². The normalized spacial score (nSPS) is 15.2. The summed E-state index contributed by atoms with van der Waals surface area (Å²) in [4.78, 5) is 4.41. The SMILES string of the molecule is CCC(C)[C@@H](N)c1cc2nc(C)ccc2o1. The van der Waals surface area contributed by atoms with Gasteiger partial charge in [0.25, 0.3) is 0 Å². The molecule has 2 N–H and O–H groups in total. The summed E-state index contributed by atoms with van der Waals surface area (Å²) in [5.41, 5.74) is 8.84. The third-order valence-electron chi connectivity index (χ3n) is 3.12. The van der Waals surface area contributed by atoms with Gasteiger partial charge >= 0.3 is 0 Å². The Labute approximate surface area is 95.7 Å². The van der Waals surface area contributed by atoms with Crippen LogP contribution in [0.4, 0.5) is 0 Å². The number of aromatic nitrogens is 1. The molecule has 2 aromatic rings. The van der Waals surface area contributed by atoms with Gasteiger partial charge in [-0.15, -0.1) is 0 Å². The van der Waals surface area contributed by atoms with E-state index in [2.05, 4.69) is 18.8 Å². The molecule has 0 radical (unpaired) electrons. The minimum Gasteiger partial charge on any atom is -0.458 e. The Bertz CT molecular complexity index is 490. The highest BCUT2D eigenvalue weighted by atomic mass is 16.3. The van der Waals surface area contributed by atoms with E-state index in [4.69, 9.17) is 10.2 Å². The summed E-state index contributed by atoms with van der Waals surface area (Å²) in [5, 5.41) is 0. The molecular weight excluding hydrogens is 200 g/mol. The van der Waals surface area contributed by atoms with Crippen molar-refractivity contribution in [1.29, 1.82) is 0 Å². The van der Waals surface area contributed by atoms with E-state index in [1.165, 1.54) is 0 Å². The molecule has 0 aliphatic rings. The summed E-state index contributed by atoms with van der Waals surface area (Å²) in [6.07, 6.45) is 1.05. The van der Waals surface area contributed by atoms with Gasteiger partial charge in [0.1, 0.15) is 11.3 Å². The van der Waals surface area contributed by atoms with Gasteiger partial charge in [-0.05, 0) is 25.0 Å². The number of rotatable bonds is 3. The van der Waals surface area contributed by atoms with Crippen molar-refractivity contribution in [3.05, 3.63) is 29.7 Å². The van der Waals surface area contributed by atoms with Crippen molar-refractivity contribution < 1.29 is 4.42 Å². The Morgan fingerprint density at radius 3 is 2.88 bits per heavy atom. The van der Waals surface area contributed by atoms with Gasteiger partial charge in [-0.2, -0.15) is 0 Å². The van der Waals surface area contributed by atoms with Crippen molar-refractivity contribution in [3.8, 4) is 0 Å². The minimum absolute atomic E-state index is 0.0421. The van der Waals surface area contributed by atoms with Gasteiger partial charge in [0.2, 0.25) is 0 Å². The quantitative estimate of drug-likeness (QED) is 0.860. The summed E-state index contributed by atoms with van der Waals surface area (Å²) in [5.74, 6) is 1.25. The van der Waals surface area contributed by atoms with Crippen molar-refractivity contribution in [3.63, 3.8) is 0 Å². The van der Waals surface area contributed by atoms with Crippen LogP contribution in [0.2, 0.25) is 0 Å². The van der Waals surface area contributed by atoms with Crippen molar-refractivity contribution in [2.75, 3.05) is 0 Å². The van der Waals surface area contributed by atoms with Gasteiger partial charge in [-0.3, -0.25) is 0 Å². The molecule has 3 nitrogen and oxygen atoms in total. The lowest BCUT2D eigenvalue weighted by molar-refractivity contribution is 0.388. The second-order valence-electron chi connectivity index (χ2n) is 4.40. The highest BCUT2D eigenvalue weighted by molar-refractivity contribution is 5.73. The summed E-state index contributed by atoms with van der Waals surface area (Å²) in [6, 6.07) is 5.81. The molecule has 0 saturated carbocycles. The van der Waals surface area contributed by atoms with Crippen LogP contribution in [0.25, 0.3) is 11.1 Å². The standard InChI is InChI=1S/C13H18N2O/c1-4-8(2)13(14)12-7-10-11(16-12)6-5-9(3)15-10/h5-8,13H,4,14H2,1-3H3/t8?,13-/m1/s1. The number of pyridine rings is 1. The molecule has 2 heterocycles. The summed E-state index contributed by atoms with van der Waals surface area (Å²) >= 11 is 0. The first-order valence-corrected chi connectivity index (χ1v) is 5.74. The van der Waals surface area contributed by atoms with Gasteiger partial charge < -0.3 is 10.2 Å². The molecule has 86 valence electrons. The van der Waals surface area contributed by atoms with E-state index in [1.54, 1.807) is 0 Å². The Balaban J connectivity index is 2.39. The first-order chi connectivity index (χ1) is 7.61. The van der Waals surface area contributed by atoms with Crippen molar-refractivity contribution in [1.82, 2.24) is 4.98 Å². The average molecular weight is 218 g/mol. The Morgan fingerprint density at radius 2 is 2.19 bits per heavy atom. The number of nitrogens with two attached hydrogens (primary N) is 1. The van der Waals surface area contributed by atoms with E-state index in [0.29, 0.717) is 5.92 Å². The van der Waals surface area contributed by atoms with E-state index in [0.717, 1.165) is 29.0 Å². The second-order valence-corrected chi connectivity index (χ2v) is 4.40. The van der Waals surface area contributed by atoms with E-state index in [9.17, 15) is 0 Å². The number of nitrogens with zero attached hydrogens (tertiary/aromatic N) is 1. The van der Waals surface area contributed by atoms with Crippen LogP contribution in [-0.4, -0.2) is 4.98 Å². The highest BCUT2D eigenvalue weighted by Crippen LogP contribution is 2.27. The number of hydrogen-bond donors (Lipinski definition) is 1. The maximum Gasteiger partial charge on any atom is 0.152 e. The predicted octanol–water partition coefficient (Wildman–Crippen LogP) is 3.18.